The van der Waals surface area contributed by atoms with Gasteiger partial charge in [-0.05, 0) is 12.1 Å². The summed E-state index contributed by atoms with van der Waals surface area (Å²) < 4.78 is 12.0. The van der Waals surface area contributed by atoms with E-state index in [-0.39, 0.29) is 0 Å². The molecule has 0 bridgehead atoms. The molecule has 2 nitrogen and oxygen atoms in total. The predicted octanol–water partition coefficient (Wildman–Crippen LogP) is 0.726. The van der Waals surface area contributed by atoms with Crippen LogP contribution in [0.4, 0.5) is 4.39 Å². The number of halogens is 1. The van der Waals surface area contributed by atoms with Crippen LogP contribution in [0.2, 0.25) is 0 Å². The molecule has 1 rings (SSSR count). The number of hydrogen-bond donors (Lipinski definition) is 1. The van der Waals surface area contributed by atoms with Gasteiger partial charge in [-0.25, -0.2) is 9.37 Å². The van der Waals surface area contributed by atoms with Crippen molar-refractivity contribution in [3.63, 3.8) is 0 Å². The Morgan fingerprint density at radius 1 is 1.75 bits per heavy atom. The van der Waals surface area contributed by atoms with Gasteiger partial charge in [-0.2, -0.15) is 0 Å². The molecule has 3 heteroatoms. The van der Waals surface area contributed by atoms with E-state index in [1.807, 2.05) is 0 Å². The molecule has 0 amide bonds. The molecular weight excluding hydrogens is 109 g/mol. The Morgan fingerprint density at radius 3 is 2.88 bits per heavy atom. The van der Waals surface area contributed by atoms with E-state index in [2.05, 4.69) is 11.2 Å². The standard InChI is InChI=1S/C5H3FNO/c6-4-2-1-3-7-5(4)8/h1-2H,(H,7,8). The van der Waals surface area contributed by atoms with Gasteiger partial charge in [0.05, 0.1) is 6.20 Å². The molecule has 0 aliphatic rings. The fourth-order valence-corrected chi connectivity index (χ4v) is 0.337. The zero-order valence-electron chi connectivity index (χ0n) is 3.93. The molecule has 1 radical (unpaired) electrons. The molecule has 1 heterocycles. The largest absolute Gasteiger partial charge is 0.491 e. The third-order valence-electron chi connectivity index (χ3n) is 0.688. The summed E-state index contributed by atoms with van der Waals surface area (Å²) in [5.74, 6) is -1.32. The minimum Gasteiger partial charge on any atom is -0.491 e. The minimum absolute atomic E-state index is 0.604. The third kappa shape index (κ3) is 0.753. The maximum absolute atomic E-state index is 12.0. The van der Waals surface area contributed by atoms with E-state index in [0.29, 0.717) is 0 Å². The van der Waals surface area contributed by atoms with E-state index in [0.717, 1.165) is 6.07 Å². The van der Waals surface area contributed by atoms with Gasteiger partial charge >= 0.3 is 0 Å². The van der Waals surface area contributed by atoms with Crippen LogP contribution in [-0.4, -0.2) is 10.1 Å². The van der Waals surface area contributed by atoms with Gasteiger partial charge in [0, 0.05) is 0 Å². The Balaban J connectivity index is 3.13. The van der Waals surface area contributed by atoms with Crippen LogP contribution in [0.3, 0.4) is 0 Å². The van der Waals surface area contributed by atoms with Crippen molar-refractivity contribution in [2.75, 3.05) is 0 Å². The second-order valence-electron chi connectivity index (χ2n) is 1.25. The lowest BCUT2D eigenvalue weighted by Crippen LogP contribution is -1.77. The van der Waals surface area contributed by atoms with Crippen molar-refractivity contribution in [1.82, 2.24) is 4.98 Å². The zero-order chi connectivity index (χ0) is 5.98. The Morgan fingerprint density at radius 2 is 2.50 bits per heavy atom. The molecule has 0 unspecified atom stereocenters. The molecule has 0 fully saturated rings. The second-order valence-corrected chi connectivity index (χ2v) is 1.25. The Labute approximate surface area is 45.6 Å². The average Bonchev–Trinajstić information content (AvgIpc) is 1.77. The number of rotatable bonds is 0. The van der Waals surface area contributed by atoms with Crippen LogP contribution in [0.15, 0.2) is 12.1 Å². The van der Waals surface area contributed by atoms with Gasteiger partial charge in [-0.1, -0.05) is 0 Å². The highest BCUT2D eigenvalue weighted by atomic mass is 19.1. The van der Waals surface area contributed by atoms with E-state index in [1.54, 1.807) is 0 Å². The molecule has 1 N–H and O–H groups in total. The first-order chi connectivity index (χ1) is 3.80. The van der Waals surface area contributed by atoms with Crippen molar-refractivity contribution in [2.24, 2.45) is 0 Å². The van der Waals surface area contributed by atoms with Crippen LogP contribution in [0, 0.1) is 12.0 Å². The first kappa shape index (κ1) is 5.03. The summed E-state index contributed by atoms with van der Waals surface area (Å²) in [5.41, 5.74) is 0. The number of hydrogen-bond acceptors (Lipinski definition) is 2. The van der Waals surface area contributed by atoms with Gasteiger partial charge in [0.2, 0.25) is 5.88 Å². The van der Waals surface area contributed by atoms with Crippen LogP contribution >= 0.6 is 0 Å². The zero-order valence-corrected chi connectivity index (χ0v) is 3.93. The lowest BCUT2D eigenvalue weighted by molar-refractivity contribution is 0.411. The van der Waals surface area contributed by atoms with Crippen molar-refractivity contribution >= 4 is 0 Å². The highest BCUT2D eigenvalue weighted by Gasteiger charge is 1.94. The lowest BCUT2D eigenvalue weighted by atomic mass is 10.5. The number of aromatic nitrogens is 1. The molecule has 0 aliphatic carbocycles. The van der Waals surface area contributed by atoms with Crippen LogP contribution in [0.1, 0.15) is 0 Å². The van der Waals surface area contributed by atoms with Gasteiger partial charge in [-0.15, -0.1) is 0 Å². The molecule has 0 spiro atoms. The predicted molar refractivity (Wildman–Crippen MR) is 24.7 cm³/mol. The van der Waals surface area contributed by atoms with Crippen molar-refractivity contribution in [3.8, 4) is 5.88 Å². The molecular formula is C5H3FNO. The van der Waals surface area contributed by atoms with Crippen LogP contribution in [0.25, 0.3) is 0 Å². The maximum atomic E-state index is 12.0. The minimum atomic E-state index is -0.719. The molecule has 0 saturated heterocycles. The van der Waals surface area contributed by atoms with Crippen LogP contribution < -0.4 is 0 Å². The summed E-state index contributed by atoms with van der Waals surface area (Å²) in [7, 11) is 0. The van der Waals surface area contributed by atoms with Crippen molar-refractivity contribution < 1.29 is 9.50 Å². The summed E-state index contributed by atoms with van der Waals surface area (Å²) in [6, 6.07) is 2.37. The van der Waals surface area contributed by atoms with Crippen molar-refractivity contribution in [1.29, 1.82) is 0 Å². The quantitative estimate of drug-likeness (QED) is 0.536. The number of aromatic hydroxyl groups is 1. The summed E-state index contributed by atoms with van der Waals surface area (Å²) in [5, 5.41) is 8.40. The van der Waals surface area contributed by atoms with E-state index >= 15 is 0 Å². The van der Waals surface area contributed by atoms with E-state index in [9.17, 15) is 4.39 Å². The second kappa shape index (κ2) is 1.78. The van der Waals surface area contributed by atoms with Crippen molar-refractivity contribution in [2.45, 2.75) is 0 Å². The Hall–Kier alpha value is -1.12. The van der Waals surface area contributed by atoms with Gasteiger partial charge in [0.1, 0.15) is 0 Å². The lowest BCUT2D eigenvalue weighted by Gasteiger charge is -1.86. The number of nitrogens with zero attached hydrogens (tertiary/aromatic N) is 1. The average molecular weight is 112 g/mol. The normalized spacial score (nSPS) is 9.12. The molecule has 0 aliphatic heterocycles. The first-order valence-corrected chi connectivity index (χ1v) is 2.02. The summed E-state index contributed by atoms with van der Waals surface area (Å²) in [4.78, 5) is 3.13. The van der Waals surface area contributed by atoms with E-state index < -0.39 is 11.7 Å². The highest BCUT2D eigenvalue weighted by molar-refractivity contribution is 5.09. The maximum Gasteiger partial charge on any atom is 0.248 e. The molecule has 0 atom stereocenters. The fraction of sp³-hybridized carbons (Fsp3) is 0. The van der Waals surface area contributed by atoms with Gasteiger partial charge in [0.15, 0.2) is 5.82 Å². The number of pyridine rings is 1. The van der Waals surface area contributed by atoms with Gasteiger partial charge in [0.25, 0.3) is 0 Å². The fourth-order valence-electron chi connectivity index (χ4n) is 0.337. The Bertz CT molecular complexity index is 169. The molecule has 1 aromatic rings. The summed E-state index contributed by atoms with van der Waals surface area (Å²) in [6.07, 6.45) is 2.26. The van der Waals surface area contributed by atoms with Crippen LogP contribution in [-0.2, 0) is 0 Å². The summed E-state index contributed by atoms with van der Waals surface area (Å²) >= 11 is 0. The first-order valence-electron chi connectivity index (χ1n) is 2.02. The molecule has 0 aromatic carbocycles. The third-order valence-corrected chi connectivity index (χ3v) is 0.688. The van der Waals surface area contributed by atoms with E-state index in [1.165, 1.54) is 6.07 Å². The van der Waals surface area contributed by atoms with Crippen molar-refractivity contribution in [3.05, 3.63) is 24.1 Å². The van der Waals surface area contributed by atoms with E-state index in [4.69, 9.17) is 5.11 Å². The highest BCUT2D eigenvalue weighted by Crippen LogP contribution is 2.06. The molecule has 41 valence electrons. The van der Waals surface area contributed by atoms with Crippen LogP contribution in [0.5, 0.6) is 5.88 Å². The van der Waals surface area contributed by atoms with Gasteiger partial charge < -0.3 is 5.11 Å². The topological polar surface area (TPSA) is 33.1 Å². The summed E-state index contributed by atoms with van der Waals surface area (Å²) in [6.45, 7) is 0. The molecule has 8 heavy (non-hydrogen) atoms. The molecule has 0 saturated carbocycles. The smallest absolute Gasteiger partial charge is 0.248 e. The Kier molecular flexibility index (Phi) is 1.12. The molecule has 1 aromatic heterocycles. The monoisotopic (exact) mass is 112 g/mol. The van der Waals surface area contributed by atoms with Gasteiger partial charge in [-0.3, -0.25) is 0 Å². The SMILES string of the molecule is Oc1n[c]ccc1F.